The molecule has 1 aromatic carbocycles. The predicted molar refractivity (Wildman–Crippen MR) is 89.9 cm³/mol. The summed E-state index contributed by atoms with van der Waals surface area (Å²) in [5.41, 5.74) is 0.278. The molecule has 1 saturated carbocycles. The average Bonchev–Trinajstić information content (AvgIpc) is 2.91. The van der Waals surface area contributed by atoms with Crippen LogP contribution in [0.3, 0.4) is 0 Å². The Morgan fingerprint density at radius 3 is 2.56 bits per heavy atom. The predicted octanol–water partition coefficient (Wildman–Crippen LogP) is 2.86. The molecule has 0 radical (unpaired) electrons. The minimum Gasteiger partial charge on any atom is -0.461 e. The number of ether oxygens (including phenoxy) is 1. The number of nitrogens with one attached hydrogen (secondary N) is 2. The average molecular weight is 373 g/mol. The van der Waals surface area contributed by atoms with Crippen LogP contribution in [0.15, 0.2) is 12.1 Å². The van der Waals surface area contributed by atoms with Crippen LogP contribution in [0.5, 0.6) is 6.01 Å². The molecule has 1 aromatic heterocycles. The molecule has 3 rings (SSSR count). The van der Waals surface area contributed by atoms with E-state index in [1.807, 2.05) is 0 Å². The highest BCUT2D eigenvalue weighted by molar-refractivity contribution is 7.90. The Balaban J connectivity index is 1.60. The van der Waals surface area contributed by atoms with Gasteiger partial charge in [-0.2, -0.15) is 4.98 Å². The molecule has 2 N–H and O–H groups in total. The van der Waals surface area contributed by atoms with Crippen LogP contribution < -0.4 is 9.46 Å². The van der Waals surface area contributed by atoms with E-state index in [2.05, 4.69) is 14.7 Å². The quantitative estimate of drug-likeness (QED) is 0.844. The number of H-pyrrole nitrogens is 1. The summed E-state index contributed by atoms with van der Waals surface area (Å²) >= 11 is 0. The van der Waals surface area contributed by atoms with Gasteiger partial charge in [0.2, 0.25) is 10.0 Å². The normalized spacial score (nSPS) is 21.8. The molecule has 0 atom stereocenters. The third-order valence-electron chi connectivity index (χ3n) is 4.39. The summed E-state index contributed by atoms with van der Waals surface area (Å²) < 4.78 is 59.1. The van der Waals surface area contributed by atoms with Gasteiger partial charge >= 0.3 is 0 Å². The van der Waals surface area contributed by atoms with Gasteiger partial charge in [-0.1, -0.05) is 0 Å². The molecule has 25 heavy (non-hydrogen) atoms. The molecule has 0 bridgehead atoms. The van der Waals surface area contributed by atoms with Gasteiger partial charge in [0.25, 0.3) is 6.01 Å². The van der Waals surface area contributed by atoms with Crippen LogP contribution in [0.25, 0.3) is 11.0 Å². The zero-order valence-electron chi connectivity index (χ0n) is 14.1. The molecule has 6 nitrogen and oxygen atoms in total. The molecular weight excluding hydrogens is 352 g/mol. The molecule has 9 heteroatoms. The van der Waals surface area contributed by atoms with E-state index in [4.69, 9.17) is 4.74 Å². The van der Waals surface area contributed by atoms with Crippen molar-refractivity contribution in [3.8, 4) is 6.01 Å². The number of nitrogens with zero attached hydrogens (tertiary/aromatic N) is 1. The third-order valence-corrected chi connectivity index (χ3v) is 6.29. The Labute approximate surface area is 145 Å². The molecule has 0 unspecified atom stereocenters. The lowest BCUT2D eigenvalue weighted by Crippen LogP contribution is -2.42. The number of halogens is 2. The van der Waals surface area contributed by atoms with Crippen molar-refractivity contribution >= 4 is 21.1 Å². The Bertz CT molecular complexity index is 859. The maximum Gasteiger partial charge on any atom is 0.294 e. The van der Waals surface area contributed by atoms with Crippen LogP contribution in [0.4, 0.5) is 8.78 Å². The number of hydrogen-bond donors (Lipinski definition) is 2. The summed E-state index contributed by atoms with van der Waals surface area (Å²) in [4.78, 5) is 6.78. The molecule has 2 aromatic rings. The Morgan fingerprint density at radius 2 is 1.92 bits per heavy atom. The minimum atomic E-state index is -3.29. The molecule has 1 fully saturated rings. The first-order valence-corrected chi connectivity index (χ1v) is 9.82. The number of aromatic nitrogens is 2. The zero-order chi connectivity index (χ0) is 18.2. The zero-order valence-corrected chi connectivity index (χ0v) is 14.9. The largest absolute Gasteiger partial charge is 0.461 e. The van der Waals surface area contributed by atoms with Gasteiger partial charge in [-0.05, 0) is 45.6 Å². The first-order chi connectivity index (χ1) is 11.7. The summed E-state index contributed by atoms with van der Waals surface area (Å²) in [5.74, 6) is -1.42. The summed E-state index contributed by atoms with van der Waals surface area (Å²) in [6.45, 7) is 3.28. The molecule has 0 saturated heterocycles. The Morgan fingerprint density at radius 1 is 1.24 bits per heavy atom. The smallest absolute Gasteiger partial charge is 0.294 e. The number of imidazole rings is 1. The van der Waals surface area contributed by atoms with Gasteiger partial charge in [-0.15, -0.1) is 0 Å². The van der Waals surface area contributed by atoms with Gasteiger partial charge in [-0.25, -0.2) is 21.9 Å². The minimum absolute atomic E-state index is 0.0368. The van der Waals surface area contributed by atoms with Crippen LogP contribution in [-0.2, 0) is 10.0 Å². The second-order valence-electron chi connectivity index (χ2n) is 6.63. The Kier molecular flexibility index (Phi) is 4.97. The summed E-state index contributed by atoms with van der Waals surface area (Å²) in [5, 5.41) is -0.465. The summed E-state index contributed by atoms with van der Waals surface area (Å²) in [6.07, 6.45) is 2.46. The number of benzene rings is 1. The van der Waals surface area contributed by atoms with Crippen LogP contribution in [0.1, 0.15) is 39.5 Å². The molecule has 1 aliphatic rings. The van der Waals surface area contributed by atoms with Crippen LogP contribution in [-0.4, -0.2) is 35.8 Å². The fourth-order valence-electron chi connectivity index (χ4n) is 2.90. The van der Waals surface area contributed by atoms with E-state index in [-0.39, 0.29) is 29.2 Å². The van der Waals surface area contributed by atoms with E-state index >= 15 is 0 Å². The van der Waals surface area contributed by atoms with Crippen LogP contribution in [0.2, 0.25) is 0 Å². The lowest BCUT2D eigenvalue weighted by atomic mass is 9.94. The molecule has 0 amide bonds. The van der Waals surface area contributed by atoms with Crippen molar-refractivity contribution in [3.05, 3.63) is 23.8 Å². The lowest BCUT2D eigenvalue weighted by Gasteiger charge is -2.29. The fraction of sp³-hybridized carbons (Fsp3) is 0.562. The van der Waals surface area contributed by atoms with Crippen molar-refractivity contribution < 1.29 is 21.9 Å². The number of rotatable bonds is 5. The van der Waals surface area contributed by atoms with E-state index in [1.54, 1.807) is 13.8 Å². The first kappa shape index (κ1) is 18.1. The fourth-order valence-corrected chi connectivity index (χ4v) is 3.87. The van der Waals surface area contributed by atoms with Crippen LogP contribution >= 0.6 is 0 Å². The molecule has 0 aliphatic heterocycles. The van der Waals surface area contributed by atoms with Gasteiger partial charge in [-0.3, -0.25) is 0 Å². The number of sulfonamides is 1. The maximum atomic E-state index is 13.7. The molecular formula is C16H21F2N3O3S. The van der Waals surface area contributed by atoms with Gasteiger partial charge in [0.1, 0.15) is 17.4 Å². The highest BCUT2D eigenvalue weighted by Gasteiger charge is 2.27. The second kappa shape index (κ2) is 6.87. The molecule has 0 spiro atoms. The molecule has 1 aliphatic carbocycles. The maximum absolute atomic E-state index is 13.7. The van der Waals surface area contributed by atoms with Crippen molar-refractivity contribution in [2.24, 2.45) is 0 Å². The SMILES string of the molecule is CC(C)S(=O)(=O)NC1CCC(Oc2nc3c(F)cc(F)cc3[nH]2)CC1. The summed E-state index contributed by atoms with van der Waals surface area (Å²) in [7, 11) is -3.29. The van der Waals surface area contributed by atoms with Crippen molar-refractivity contribution in [1.29, 1.82) is 0 Å². The van der Waals surface area contributed by atoms with E-state index in [0.717, 1.165) is 12.1 Å². The summed E-state index contributed by atoms with van der Waals surface area (Å²) in [6, 6.07) is 1.98. The lowest BCUT2D eigenvalue weighted by molar-refractivity contribution is 0.134. The van der Waals surface area contributed by atoms with E-state index in [9.17, 15) is 17.2 Å². The van der Waals surface area contributed by atoms with Crippen LogP contribution in [0, 0.1) is 11.6 Å². The highest BCUT2D eigenvalue weighted by Crippen LogP contribution is 2.26. The highest BCUT2D eigenvalue weighted by atomic mass is 32.2. The second-order valence-corrected chi connectivity index (χ2v) is 8.90. The first-order valence-electron chi connectivity index (χ1n) is 8.27. The number of aromatic amines is 1. The van der Waals surface area contributed by atoms with Crippen molar-refractivity contribution in [2.45, 2.75) is 56.9 Å². The molecule has 1 heterocycles. The Hall–Kier alpha value is -1.74. The van der Waals surface area contributed by atoms with E-state index in [0.29, 0.717) is 25.7 Å². The van der Waals surface area contributed by atoms with Gasteiger partial charge in [0, 0.05) is 12.1 Å². The van der Waals surface area contributed by atoms with Crippen molar-refractivity contribution in [2.75, 3.05) is 0 Å². The third kappa shape index (κ3) is 4.09. The topological polar surface area (TPSA) is 84.1 Å². The van der Waals surface area contributed by atoms with Gasteiger partial charge in [0.15, 0.2) is 5.82 Å². The van der Waals surface area contributed by atoms with Gasteiger partial charge < -0.3 is 9.72 Å². The van der Waals surface area contributed by atoms with Gasteiger partial charge in [0.05, 0.1) is 10.8 Å². The van der Waals surface area contributed by atoms with Crippen molar-refractivity contribution in [1.82, 2.24) is 14.7 Å². The number of hydrogen-bond acceptors (Lipinski definition) is 4. The number of fused-ring (bicyclic) bond motifs is 1. The standard InChI is InChI=1S/C16H21F2N3O3S/c1-9(2)25(22,23)21-11-3-5-12(6-4-11)24-16-19-14-8-10(17)7-13(18)15(14)20-16/h7-9,11-12,21H,3-6H2,1-2H3,(H,19,20). The van der Waals surface area contributed by atoms with Crippen molar-refractivity contribution in [3.63, 3.8) is 0 Å². The monoisotopic (exact) mass is 373 g/mol. The molecule has 138 valence electrons. The van der Waals surface area contributed by atoms with E-state index < -0.39 is 26.9 Å². The van der Waals surface area contributed by atoms with E-state index in [1.165, 1.54) is 0 Å².